The molecule has 0 aliphatic rings. The Kier molecular flexibility index (Phi) is 6.63. The monoisotopic (exact) mass is 467 g/mol. The lowest BCUT2D eigenvalue weighted by molar-refractivity contribution is -0.135. The number of benzene rings is 2. The number of carbonyl (C=O) groups is 1. The first-order valence-electron chi connectivity index (χ1n) is 9.76. The van der Waals surface area contributed by atoms with E-state index >= 15 is 0 Å². The Labute approximate surface area is 191 Å². The normalized spacial score (nSPS) is 12.3. The topological polar surface area (TPSA) is 87.2 Å². The summed E-state index contributed by atoms with van der Waals surface area (Å²) in [4.78, 5) is 25.2. The molecule has 0 N–H and O–H groups in total. The zero-order chi connectivity index (χ0) is 22.5. The van der Waals surface area contributed by atoms with Crippen LogP contribution in [-0.2, 0) is 16.1 Å². The molecule has 0 atom stereocenters. The van der Waals surface area contributed by atoms with Crippen LogP contribution in [0, 0.1) is 0 Å². The Morgan fingerprint density at radius 3 is 2.62 bits per heavy atom. The van der Waals surface area contributed by atoms with Gasteiger partial charge in [0.25, 0.3) is 5.56 Å². The lowest BCUT2D eigenvalue weighted by atomic mass is 10.2. The summed E-state index contributed by atoms with van der Waals surface area (Å²) >= 11 is 7.12. The molecular weight excluding hydrogens is 450 g/mol. The number of aromatic nitrogens is 3. The molecule has 32 heavy (non-hydrogen) atoms. The molecule has 0 unspecified atom stereocenters. The van der Waals surface area contributed by atoms with Gasteiger partial charge in [0.1, 0.15) is 11.2 Å². The molecule has 0 saturated heterocycles. The van der Waals surface area contributed by atoms with Crippen molar-refractivity contribution in [2.24, 2.45) is 0 Å². The maximum Gasteiger partial charge on any atom is 0.333 e. The average Bonchev–Trinajstić information content (AvgIpc) is 3.37. The van der Waals surface area contributed by atoms with Crippen molar-refractivity contribution in [3.63, 3.8) is 0 Å². The second-order valence-electron chi connectivity index (χ2n) is 6.66. The summed E-state index contributed by atoms with van der Waals surface area (Å²) in [7, 11) is 0. The minimum absolute atomic E-state index is 0.0227. The van der Waals surface area contributed by atoms with Gasteiger partial charge in [0.05, 0.1) is 17.2 Å². The van der Waals surface area contributed by atoms with Crippen LogP contribution in [-0.4, -0.2) is 27.3 Å². The molecule has 7 nitrogen and oxygen atoms in total. The highest BCUT2D eigenvalue weighted by atomic mass is 35.5. The summed E-state index contributed by atoms with van der Waals surface area (Å²) in [5.41, 5.74) is 1.31. The highest BCUT2D eigenvalue weighted by Crippen LogP contribution is 2.17. The van der Waals surface area contributed by atoms with Crippen LogP contribution in [0.25, 0.3) is 23.6 Å². The van der Waals surface area contributed by atoms with Crippen LogP contribution in [0.1, 0.15) is 18.4 Å². The van der Waals surface area contributed by atoms with E-state index in [-0.39, 0.29) is 24.6 Å². The number of hydrogen-bond donors (Lipinski definition) is 0. The van der Waals surface area contributed by atoms with E-state index in [1.807, 2.05) is 42.5 Å². The van der Waals surface area contributed by atoms with Gasteiger partial charge in [-0.25, -0.2) is 4.79 Å². The number of halogens is 1. The predicted molar refractivity (Wildman–Crippen MR) is 123 cm³/mol. The van der Waals surface area contributed by atoms with Gasteiger partial charge in [0.2, 0.25) is 11.8 Å². The number of carbonyl (C=O) groups excluding carboxylic acids is 1. The third kappa shape index (κ3) is 5.04. The van der Waals surface area contributed by atoms with E-state index in [9.17, 15) is 9.59 Å². The van der Waals surface area contributed by atoms with Crippen molar-refractivity contribution in [3.8, 4) is 11.5 Å². The summed E-state index contributed by atoms with van der Waals surface area (Å²) < 4.78 is 13.1. The molecule has 0 spiro atoms. The van der Waals surface area contributed by atoms with Gasteiger partial charge in [-0.2, -0.15) is 0 Å². The SMILES string of the molecule is CCOC(=O)C=c1sc(=Cc2ccc(Cl)cc2)c(=O)n1Cc1nnc(-c2ccccc2)o1. The number of rotatable bonds is 6. The first kappa shape index (κ1) is 21.7. The van der Waals surface area contributed by atoms with Crippen molar-refractivity contribution in [2.45, 2.75) is 13.5 Å². The first-order valence-corrected chi connectivity index (χ1v) is 11.0. The fourth-order valence-electron chi connectivity index (χ4n) is 2.94. The van der Waals surface area contributed by atoms with E-state index in [1.165, 1.54) is 22.0 Å². The smallest absolute Gasteiger partial charge is 0.333 e. The molecule has 0 fully saturated rings. The lowest BCUT2D eigenvalue weighted by Crippen LogP contribution is -2.32. The molecule has 0 aliphatic heterocycles. The largest absolute Gasteiger partial charge is 0.463 e. The number of nitrogens with zero attached hydrogens (tertiary/aromatic N) is 3. The van der Waals surface area contributed by atoms with Crippen molar-refractivity contribution in [1.29, 1.82) is 0 Å². The summed E-state index contributed by atoms with van der Waals surface area (Å²) in [6.45, 7) is 1.98. The molecule has 0 amide bonds. The highest BCUT2D eigenvalue weighted by Gasteiger charge is 2.13. The van der Waals surface area contributed by atoms with Gasteiger partial charge in [-0.3, -0.25) is 9.36 Å². The molecule has 162 valence electrons. The summed E-state index contributed by atoms with van der Waals surface area (Å²) in [5.74, 6) is 0.0732. The minimum Gasteiger partial charge on any atom is -0.463 e. The lowest BCUT2D eigenvalue weighted by Gasteiger charge is -1.98. The molecule has 4 aromatic rings. The van der Waals surface area contributed by atoms with Gasteiger partial charge >= 0.3 is 5.97 Å². The van der Waals surface area contributed by atoms with Crippen LogP contribution in [0.2, 0.25) is 5.02 Å². The van der Waals surface area contributed by atoms with Crippen molar-refractivity contribution in [3.05, 3.63) is 90.6 Å². The molecule has 0 bridgehead atoms. The van der Waals surface area contributed by atoms with Crippen molar-refractivity contribution < 1.29 is 13.9 Å². The molecule has 0 saturated carbocycles. The quantitative estimate of drug-likeness (QED) is 0.405. The van der Waals surface area contributed by atoms with Crippen molar-refractivity contribution in [1.82, 2.24) is 14.8 Å². The van der Waals surface area contributed by atoms with Crippen LogP contribution in [0.15, 0.2) is 63.8 Å². The molecule has 2 aromatic heterocycles. The van der Waals surface area contributed by atoms with Gasteiger partial charge < -0.3 is 9.15 Å². The van der Waals surface area contributed by atoms with Gasteiger partial charge in [-0.05, 0) is 42.8 Å². The summed E-state index contributed by atoms with van der Waals surface area (Å²) in [6.07, 6.45) is 3.04. The predicted octanol–water partition coefficient (Wildman–Crippen LogP) is 2.83. The van der Waals surface area contributed by atoms with Gasteiger partial charge in [0.15, 0.2) is 0 Å². The molecule has 0 aliphatic carbocycles. The molecule has 9 heteroatoms. The standard InChI is InChI=1S/C23H18ClN3O4S/c1-2-30-21(28)13-20-27(14-19-25-26-22(31-19)16-6-4-3-5-7-16)23(29)18(32-20)12-15-8-10-17(24)11-9-15/h3-13H,2,14H2,1H3. The number of hydrogen-bond acceptors (Lipinski definition) is 7. The van der Waals surface area contributed by atoms with Gasteiger partial charge in [0, 0.05) is 10.6 Å². The number of esters is 1. The Balaban J connectivity index is 1.76. The highest BCUT2D eigenvalue weighted by molar-refractivity contribution is 7.07. The molecule has 4 rings (SSSR count). The van der Waals surface area contributed by atoms with E-state index in [0.29, 0.717) is 20.1 Å². The maximum absolute atomic E-state index is 13.1. The third-order valence-electron chi connectivity index (χ3n) is 4.41. The van der Waals surface area contributed by atoms with E-state index < -0.39 is 5.97 Å². The van der Waals surface area contributed by atoms with Crippen molar-refractivity contribution >= 4 is 41.1 Å². The van der Waals surface area contributed by atoms with Crippen molar-refractivity contribution in [2.75, 3.05) is 6.61 Å². The summed E-state index contributed by atoms with van der Waals surface area (Å²) in [6, 6.07) is 16.4. The van der Waals surface area contributed by atoms with Gasteiger partial charge in [-0.15, -0.1) is 21.5 Å². The minimum atomic E-state index is -0.531. The van der Waals surface area contributed by atoms with Crippen LogP contribution in [0.3, 0.4) is 0 Å². The number of ether oxygens (including phenoxy) is 1. The zero-order valence-electron chi connectivity index (χ0n) is 17.0. The molecule has 2 heterocycles. The summed E-state index contributed by atoms with van der Waals surface area (Å²) in [5, 5.41) is 8.73. The zero-order valence-corrected chi connectivity index (χ0v) is 18.6. The second-order valence-corrected chi connectivity index (χ2v) is 8.15. The van der Waals surface area contributed by atoms with Gasteiger partial charge in [-0.1, -0.05) is 41.9 Å². The third-order valence-corrected chi connectivity index (χ3v) is 5.72. The van der Waals surface area contributed by atoms with E-state index in [4.69, 9.17) is 20.8 Å². The number of thiazole rings is 1. The van der Waals surface area contributed by atoms with Crippen LogP contribution < -0.4 is 14.8 Å². The Morgan fingerprint density at radius 1 is 1.16 bits per heavy atom. The molecule has 2 aromatic carbocycles. The molecular formula is C23H18ClN3O4S. The second kappa shape index (κ2) is 9.76. The van der Waals surface area contributed by atoms with E-state index in [0.717, 1.165) is 11.1 Å². The Bertz CT molecular complexity index is 1410. The maximum atomic E-state index is 13.1. The van der Waals surface area contributed by atoms with Crippen LogP contribution >= 0.6 is 22.9 Å². The van der Waals surface area contributed by atoms with Crippen LogP contribution in [0.5, 0.6) is 0 Å². The Hall–Kier alpha value is -3.49. The van der Waals surface area contributed by atoms with Crippen LogP contribution in [0.4, 0.5) is 0 Å². The Morgan fingerprint density at radius 2 is 1.91 bits per heavy atom. The fourth-order valence-corrected chi connectivity index (χ4v) is 4.09. The van der Waals surface area contributed by atoms with E-state index in [1.54, 1.807) is 25.1 Å². The van der Waals surface area contributed by atoms with E-state index in [2.05, 4.69) is 10.2 Å². The fraction of sp³-hybridized carbons (Fsp3) is 0.130. The average molecular weight is 468 g/mol. The molecule has 0 radical (unpaired) electrons. The first-order chi connectivity index (χ1) is 15.5.